The minimum absolute atomic E-state index is 0.0227. The molecule has 2 aromatic rings. The summed E-state index contributed by atoms with van der Waals surface area (Å²) in [7, 11) is 0. The van der Waals surface area contributed by atoms with E-state index < -0.39 is 0 Å². The van der Waals surface area contributed by atoms with Gasteiger partial charge in [0.15, 0.2) is 0 Å². The number of rotatable bonds is 5. The molecule has 0 saturated carbocycles. The maximum atomic E-state index is 6.14. The Morgan fingerprint density at radius 2 is 2.20 bits per heavy atom. The van der Waals surface area contributed by atoms with Crippen molar-refractivity contribution in [1.29, 1.82) is 0 Å². The first kappa shape index (κ1) is 16.6. The second-order valence-electron chi connectivity index (χ2n) is 7.23. The topological polar surface area (TPSA) is 47.5 Å². The van der Waals surface area contributed by atoms with E-state index in [9.17, 15) is 0 Å². The van der Waals surface area contributed by atoms with Crippen LogP contribution >= 0.6 is 0 Å². The molecule has 2 saturated heterocycles. The number of hydrogen-bond acceptors (Lipinski definition) is 5. The van der Waals surface area contributed by atoms with Crippen LogP contribution in [0.5, 0.6) is 0 Å². The molecule has 25 heavy (non-hydrogen) atoms. The van der Waals surface area contributed by atoms with Crippen LogP contribution in [0.1, 0.15) is 29.8 Å². The van der Waals surface area contributed by atoms with Crippen LogP contribution in [-0.2, 0) is 22.6 Å². The molecular weight excluding hydrogens is 314 g/mol. The van der Waals surface area contributed by atoms with Gasteiger partial charge in [0.2, 0.25) is 0 Å². The van der Waals surface area contributed by atoms with E-state index in [0.717, 1.165) is 50.5 Å². The molecule has 1 atom stereocenters. The Morgan fingerprint density at radius 3 is 3.00 bits per heavy atom. The predicted molar refractivity (Wildman–Crippen MR) is 95.0 cm³/mol. The molecule has 2 fully saturated rings. The molecule has 2 aromatic heterocycles. The summed E-state index contributed by atoms with van der Waals surface area (Å²) in [6.45, 7) is 6.28. The van der Waals surface area contributed by atoms with Gasteiger partial charge in [0.25, 0.3) is 0 Å². The Hall–Kier alpha value is -1.82. The van der Waals surface area contributed by atoms with E-state index in [2.05, 4.69) is 20.9 Å². The number of nitrogens with zero attached hydrogens (tertiary/aromatic N) is 3. The molecule has 0 aromatic carbocycles. The van der Waals surface area contributed by atoms with Crippen molar-refractivity contribution in [3.05, 3.63) is 59.7 Å². The molecule has 5 heteroatoms. The summed E-state index contributed by atoms with van der Waals surface area (Å²) in [6, 6.07) is 10.2. The lowest BCUT2D eigenvalue weighted by molar-refractivity contribution is -0.200. The van der Waals surface area contributed by atoms with Crippen LogP contribution in [0.2, 0.25) is 0 Å². The lowest BCUT2D eigenvalue weighted by Crippen LogP contribution is -2.65. The third-order valence-corrected chi connectivity index (χ3v) is 5.01. The zero-order chi connectivity index (χ0) is 17.1. The predicted octanol–water partition coefficient (Wildman–Crippen LogP) is 2.74. The maximum Gasteiger partial charge on any atom is 0.0959 e. The van der Waals surface area contributed by atoms with Gasteiger partial charge in [-0.25, -0.2) is 0 Å². The van der Waals surface area contributed by atoms with Gasteiger partial charge in [-0.2, -0.15) is 0 Å². The molecule has 0 amide bonds. The van der Waals surface area contributed by atoms with E-state index in [1.807, 2.05) is 43.6 Å². The molecule has 2 aliphatic heterocycles. The fourth-order valence-electron chi connectivity index (χ4n) is 3.86. The lowest BCUT2D eigenvalue weighted by atomic mass is 9.84. The van der Waals surface area contributed by atoms with Gasteiger partial charge in [0.05, 0.1) is 24.0 Å². The van der Waals surface area contributed by atoms with Gasteiger partial charge in [-0.3, -0.25) is 14.9 Å². The molecule has 4 rings (SSSR count). The second-order valence-corrected chi connectivity index (χ2v) is 7.23. The van der Waals surface area contributed by atoms with Crippen molar-refractivity contribution in [1.82, 2.24) is 14.9 Å². The summed E-state index contributed by atoms with van der Waals surface area (Å²) in [5.74, 6) is 0. The van der Waals surface area contributed by atoms with Crippen molar-refractivity contribution in [3.63, 3.8) is 0 Å². The summed E-state index contributed by atoms with van der Waals surface area (Å²) in [6.07, 6.45) is 5.96. The molecule has 2 aliphatic rings. The average Bonchev–Trinajstić information content (AvgIpc) is 2.60. The normalized spacial score (nSPS) is 22.7. The molecule has 0 radical (unpaired) electrons. The summed E-state index contributed by atoms with van der Waals surface area (Å²) >= 11 is 0. The minimum Gasteiger partial charge on any atom is -0.372 e. The molecule has 0 unspecified atom stereocenters. The molecule has 1 spiro atoms. The Bertz CT molecular complexity index is 701. The van der Waals surface area contributed by atoms with Gasteiger partial charge < -0.3 is 9.47 Å². The van der Waals surface area contributed by atoms with Gasteiger partial charge in [0.1, 0.15) is 0 Å². The van der Waals surface area contributed by atoms with Crippen LogP contribution in [0, 0.1) is 6.92 Å². The first-order valence-electron chi connectivity index (χ1n) is 9.00. The number of pyridine rings is 2. The summed E-state index contributed by atoms with van der Waals surface area (Å²) < 4.78 is 12.3. The highest BCUT2D eigenvalue weighted by atomic mass is 16.5. The number of ether oxygens (including phenoxy) is 2. The summed E-state index contributed by atoms with van der Waals surface area (Å²) in [5, 5.41) is 0. The van der Waals surface area contributed by atoms with Gasteiger partial charge in [0, 0.05) is 50.7 Å². The summed E-state index contributed by atoms with van der Waals surface area (Å²) in [4.78, 5) is 11.1. The molecular formula is C20H25N3O2. The van der Waals surface area contributed by atoms with E-state index in [0.29, 0.717) is 6.61 Å². The monoisotopic (exact) mass is 339 g/mol. The summed E-state index contributed by atoms with van der Waals surface area (Å²) in [5.41, 5.74) is 3.28. The molecule has 5 nitrogen and oxygen atoms in total. The Labute approximate surface area is 149 Å². The smallest absolute Gasteiger partial charge is 0.0959 e. The third kappa shape index (κ3) is 4.06. The zero-order valence-corrected chi connectivity index (χ0v) is 14.7. The Kier molecular flexibility index (Phi) is 4.79. The number of hydrogen-bond donors (Lipinski definition) is 0. The number of aryl methyl sites for hydroxylation is 1. The SMILES string of the molecule is Cc1cccc(CO[C@H]2CCOC3(C2)CN(Cc2cccnc2)C3)n1. The molecule has 0 bridgehead atoms. The fraction of sp³-hybridized carbons (Fsp3) is 0.500. The quantitative estimate of drug-likeness (QED) is 0.838. The largest absolute Gasteiger partial charge is 0.372 e. The van der Waals surface area contributed by atoms with Crippen LogP contribution in [0.15, 0.2) is 42.7 Å². The van der Waals surface area contributed by atoms with E-state index in [4.69, 9.17) is 9.47 Å². The average molecular weight is 339 g/mol. The van der Waals surface area contributed by atoms with Crippen molar-refractivity contribution in [3.8, 4) is 0 Å². The Morgan fingerprint density at radius 1 is 1.28 bits per heavy atom. The lowest BCUT2D eigenvalue weighted by Gasteiger charge is -2.53. The standard InChI is InChI=1S/C20H25N3O2/c1-16-4-2-6-18(22-16)13-24-19-7-9-25-20(10-19)14-23(15-20)12-17-5-3-8-21-11-17/h2-6,8,11,19H,7,9-10,12-15H2,1H3/t19-/m0/s1. The number of aromatic nitrogens is 2. The van der Waals surface area contributed by atoms with Crippen molar-refractivity contribution >= 4 is 0 Å². The third-order valence-electron chi connectivity index (χ3n) is 5.01. The van der Waals surface area contributed by atoms with Crippen molar-refractivity contribution in [2.45, 2.75) is 44.6 Å². The van der Waals surface area contributed by atoms with Gasteiger partial charge in [-0.15, -0.1) is 0 Å². The van der Waals surface area contributed by atoms with Crippen LogP contribution in [0.25, 0.3) is 0 Å². The van der Waals surface area contributed by atoms with Crippen LogP contribution in [0.4, 0.5) is 0 Å². The van der Waals surface area contributed by atoms with Crippen LogP contribution in [-0.4, -0.2) is 46.3 Å². The highest BCUT2D eigenvalue weighted by Gasteiger charge is 2.47. The van der Waals surface area contributed by atoms with E-state index in [1.165, 1.54) is 5.56 Å². The van der Waals surface area contributed by atoms with Crippen LogP contribution in [0.3, 0.4) is 0 Å². The number of likely N-dealkylation sites (tertiary alicyclic amines) is 1. The first-order chi connectivity index (χ1) is 12.2. The molecule has 0 aliphatic carbocycles. The van der Waals surface area contributed by atoms with E-state index in [-0.39, 0.29) is 11.7 Å². The van der Waals surface area contributed by atoms with Crippen molar-refractivity contribution in [2.75, 3.05) is 19.7 Å². The highest BCUT2D eigenvalue weighted by molar-refractivity contribution is 5.11. The Balaban J connectivity index is 1.27. The van der Waals surface area contributed by atoms with Crippen molar-refractivity contribution < 1.29 is 9.47 Å². The van der Waals surface area contributed by atoms with Gasteiger partial charge in [-0.05, 0) is 37.1 Å². The maximum absolute atomic E-state index is 6.14. The van der Waals surface area contributed by atoms with E-state index in [1.54, 1.807) is 0 Å². The van der Waals surface area contributed by atoms with Crippen molar-refractivity contribution in [2.24, 2.45) is 0 Å². The zero-order valence-electron chi connectivity index (χ0n) is 14.7. The molecule has 0 N–H and O–H groups in total. The highest BCUT2D eigenvalue weighted by Crippen LogP contribution is 2.36. The fourth-order valence-corrected chi connectivity index (χ4v) is 3.86. The minimum atomic E-state index is -0.0227. The molecule has 4 heterocycles. The van der Waals surface area contributed by atoms with Gasteiger partial charge in [-0.1, -0.05) is 12.1 Å². The second kappa shape index (κ2) is 7.20. The van der Waals surface area contributed by atoms with E-state index >= 15 is 0 Å². The first-order valence-corrected chi connectivity index (χ1v) is 9.00. The van der Waals surface area contributed by atoms with Crippen LogP contribution < -0.4 is 0 Å². The van der Waals surface area contributed by atoms with Gasteiger partial charge >= 0.3 is 0 Å². The molecule has 132 valence electrons.